The van der Waals surface area contributed by atoms with Crippen LogP contribution in [0.1, 0.15) is 25.1 Å². The van der Waals surface area contributed by atoms with Crippen molar-refractivity contribution in [2.24, 2.45) is 0 Å². The molecule has 1 aromatic heterocycles. The van der Waals surface area contributed by atoms with Crippen molar-refractivity contribution < 1.29 is 9.53 Å². The fourth-order valence-corrected chi connectivity index (χ4v) is 2.21. The van der Waals surface area contributed by atoms with E-state index in [2.05, 4.69) is 14.9 Å². The van der Waals surface area contributed by atoms with Gasteiger partial charge in [0.2, 0.25) is 5.28 Å². The van der Waals surface area contributed by atoms with Gasteiger partial charge in [0.05, 0.1) is 12.3 Å². The predicted molar refractivity (Wildman–Crippen MR) is 67.3 cm³/mol. The highest BCUT2D eigenvalue weighted by molar-refractivity contribution is 6.28. The van der Waals surface area contributed by atoms with Crippen LogP contribution in [0.25, 0.3) is 0 Å². The summed E-state index contributed by atoms with van der Waals surface area (Å²) in [4.78, 5) is 21.9. The van der Waals surface area contributed by atoms with Crippen LogP contribution < -0.4 is 0 Å². The summed E-state index contributed by atoms with van der Waals surface area (Å²) in [6.45, 7) is 5.52. The Labute approximate surface area is 111 Å². The molecule has 1 aliphatic rings. The van der Waals surface area contributed by atoms with Gasteiger partial charge >= 0.3 is 5.97 Å². The van der Waals surface area contributed by atoms with Crippen LogP contribution in [-0.4, -0.2) is 40.0 Å². The lowest BCUT2D eigenvalue weighted by atomic mass is 10.1. The molecule has 0 fully saturated rings. The van der Waals surface area contributed by atoms with E-state index in [9.17, 15) is 4.79 Å². The zero-order valence-corrected chi connectivity index (χ0v) is 11.3. The number of esters is 1. The fourth-order valence-electron chi connectivity index (χ4n) is 2.06. The average Bonchev–Trinajstić information content (AvgIpc) is 2.37. The molecule has 0 N–H and O–H groups in total. The van der Waals surface area contributed by atoms with Gasteiger partial charge in [0.25, 0.3) is 0 Å². The van der Waals surface area contributed by atoms with Gasteiger partial charge in [-0.05, 0) is 25.4 Å². The number of fused-ring (bicyclic) bond motifs is 1. The van der Waals surface area contributed by atoms with Crippen molar-refractivity contribution in [1.29, 1.82) is 0 Å². The third-order valence-electron chi connectivity index (χ3n) is 3.11. The number of halogens is 1. The number of carbonyl (C=O) groups is 1. The van der Waals surface area contributed by atoms with Gasteiger partial charge in [-0.3, -0.25) is 9.69 Å². The minimum atomic E-state index is -0.242. The van der Waals surface area contributed by atoms with Gasteiger partial charge in [0, 0.05) is 31.3 Å². The highest BCUT2D eigenvalue weighted by atomic mass is 35.5. The highest BCUT2D eigenvalue weighted by Gasteiger charge is 2.27. The first-order chi connectivity index (χ1) is 8.61. The minimum Gasteiger partial charge on any atom is -0.465 e. The summed E-state index contributed by atoms with van der Waals surface area (Å²) < 4.78 is 5.03. The molecule has 1 aromatic rings. The molecule has 0 bridgehead atoms. The Balaban J connectivity index is 2.07. The molecule has 6 heteroatoms. The Bertz CT molecular complexity index is 453. The van der Waals surface area contributed by atoms with E-state index in [4.69, 9.17) is 16.3 Å². The molecule has 98 valence electrons. The molecule has 2 heterocycles. The monoisotopic (exact) mass is 269 g/mol. The quantitative estimate of drug-likeness (QED) is 0.614. The van der Waals surface area contributed by atoms with Crippen LogP contribution in [-0.2, 0) is 22.5 Å². The maximum atomic E-state index is 11.7. The maximum Gasteiger partial charge on any atom is 0.323 e. The van der Waals surface area contributed by atoms with Crippen LogP contribution in [0.2, 0.25) is 5.28 Å². The van der Waals surface area contributed by atoms with Crippen LogP contribution in [0.5, 0.6) is 0 Å². The molecular weight excluding hydrogens is 254 g/mol. The first kappa shape index (κ1) is 13.2. The summed E-state index contributed by atoms with van der Waals surface area (Å²) in [5.41, 5.74) is 2.00. The standard InChI is InChI=1S/C12H16ClN3O2/c1-3-18-11(17)8(2)16-5-4-10-9(7-16)6-14-12(13)15-10/h6,8H,3-5,7H2,1-2H3. The van der Waals surface area contributed by atoms with Crippen molar-refractivity contribution in [3.05, 3.63) is 22.7 Å². The summed E-state index contributed by atoms with van der Waals surface area (Å²) in [6.07, 6.45) is 2.51. The molecule has 5 nitrogen and oxygen atoms in total. The van der Waals surface area contributed by atoms with Crippen LogP contribution in [0, 0.1) is 0 Å². The van der Waals surface area contributed by atoms with E-state index in [0.717, 1.165) is 24.2 Å². The lowest BCUT2D eigenvalue weighted by Crippen LogP contribution is -2.43. The molecule has 0 radical (unpaired) electrons. The van der Waals surface area contributed by atoms with Crippen molar-refractivity contribution >= 4 is 17.6 Å². The van der Waals surface area contributed by atoms with Gasteiger partial charge in [-0.15, -0.1) is 0 Å². The molecule has 0 aliphatic carbocycles. The molecule has 1 aliphatic heterocycles. The van der Waals surface area contributed by atoms with Crippen molar-refractivity contribution in [2.45, 2.75) is 32.9 Å². The molecule has 0 aromatic carbocycles. The molecule has 1 atom stereocenters. The van der Waals surface area contributed by atoms with Crippen LogP contribution in [0.15, 0.2) is 6.20 Å². The van der Waals surface area contributed by atoms with E-state index in [1.54, 1.807) is 6.20 Å². The summed E-state index contributed by atoms with van der Waals surface area (Å²) in [7, 11) is 0. The van der Waals surface area contributed by atoms with E-state index in [-0.39, 0.29) is 17.3 Å². The number of carbonyl (C=O) groups excluding carboxylic acids is 1. The lowest BCUT2D eigenvalue weighted by molar-refractivity contribution is -0.149. The fraction of sp³-hybridized carbons (Fsp3) is 0.583. The SMILES string of the molecule is CCOC(=O)C(C)N1CCc2nc(Cl)ncc2C1. The third-order valence-corrected chi connectivity index (χ3v) is 3.29. The summed E-state index contributed by atoms with van der Waals surface area (Å²) in [6, 6.07) is -0.242. The number of hydrogen-bond donors (Lipinski definition) is 0. The number of ether oxygens (including phenoxy) is 1. The van der Waals surface area contributed by atoms with Crippen LogP contribution in [0.4, 0.5) is 0 Å². The summed E-state index contributed by atoms with van der Waals surface area (Å²) in [5.74, 6) is -0.184. The predicted octanol–water partition coefficient (Wildman–Crippen LogP) is 1.44. The van der Waals surface area contributed by atoms with E-state index in [1.807, 2.05) is 13.8 Å². The van der Waals surface area contributed by atoms with E-state index in [1.165, 1.54) is 0 Å². The van der Waals surface area contributed by atoms with Gasteiger partial charge in [-0.2, -0.15) is 0 Å². The largest absolute Gasteiger partial charge is 0.465 e. The maximum absolute atomic E-state index is 11.7. The van der Waals surface area contributed by atoms with Crippen LogP contribution >= 0.6 is 11.6 Å². The average molecular weight is 270 g/mol. The van der Waals surface area contributed by atoms with Gasteiger partial charge in [-0.1, -0.05) is 0 Å². The van der Waals surface area contributed by atoms with E-state index < -0.39 is 0 Å². The Kier molecular flexibility index (Phi) is 4.14. The Morgan fingerprint density at radius 1 is 1.67 bits per heavy atom. The topological polar surface area (TPSA) is 55.3 Å². The van der Waals surface area contributed by atoms with Crippen LogP contribution in [0.3, 0.4) is 0 Å². The van der Waals surface area contributed by atoms with E-state index in [0.29, 0.717) is 13.2 Å². The van der Waals surface area contributed by atoms with Gasteiger partial charge in [-0.25, -0.2) is 9.97 Å². The number of hydrogen-bond acceptors (Lipinski definition) is 5. The third kappa shape index (κ3) is 2.79. The molecule has 0 amide bonds. The van der Waals surface area contributed by atoms with Crippen molar-refractivity contribution in [2.75, 3.05) is 13.2 Å². The Morgan fingerprint density at radius 2 is 2.44 bits per heavy atom. The summed E-state index contributed by atoms with van der Waals surface area (Å²) >= 11 is 5.76. The molecular formula is C12H16ClN3O2. The lowest BCUT2D eigenvalue weighted by Gasteiger charge is -2.31. The number of rotatable bonds is 3. The number of nitrogens with zero attached hydrogens (tertiary/aromatic N) is 3. The molecule has 1 unspecified atom stereocenters. The summed E-state index contributed by atoms with van der Waals surface area (Å²) in [5, 5.41) is 0.278. The Hall–Kier alpha value is -1.20. The molecule has 0 spiro atoms. The molecule has 2 rings (SSSR count). The zero-order chi connectivity index (χ0) is 13.1. The second-order valence-electron chi connectivity index (χ2n) is 4.26. The van der Waals surface area contributed by atoms with Crippen molar-refractivity contribution in [3.63, 3.8) is 0 Å². The molecule has 0 saturated carbocycles. The van der Waals surface area contributed by atoms with Gasteiger partial charge < -0.3 is 4.74 Å². The first-order valence-electron chi connectivity index (χ1n) is 6.02. The van der Waals surface area contributed by atoms with Gasteiger partial charge in [0.1, 0.15) is 6.04 Å². The van der Waals surface area contributed by atoms with Crippen molar-refractivity contribution in [3.8, 4) is 0 Å². The minimum absolute atomic E-state index is 0.184. The number of aromatic nitrogens is 2. The van der Waals surface area contributed by atoms with Gasteiger partial charge in [0.15, 0.2) is 0 Å². The highest BCUT2D eigenvalue weighted by Crippen LogP contribution is 2.19. The zero-order valence-electron chi connectivity index (χ0n) is 10.5. The first-order valence-corrected chi connectivity index (χ1v) is 6.40. The molecule has 0 saturated heterocycles. The Morgan fingerprint density at radius 3 is 3.17 bits per heavy atom. The van der Waals surface area contributed by atoms with Crippen molar-refractivity contribution in [1.82, 2.24) is 14.9 Å². The second kappa shape index (κ2) is 5.63. The smallest absolute Gasteiger partial charge is 0.323 e. The van der Waals surface area contributed by atoms with E-state index >= 15 is 0 Å². The second-order valence-corrected chi connectivity index (χ2v) is 4.60. The normalized spacial score (nSPS) is 17.1. The molecule has 18 heavy (non-hydrogen) atoms.